The molecular weight excluding hydrogens is 486 g/mol. The summed E-state index contributed by atoms with van der Waals surface area (Å²) >= 11 is 0. The van der Waals surface area contributed by atoms with Crippen LogP contribution in [0.5, 0.6) is 5.75 Å². The van der Waals surface area contributed by atoms with Crippen molar-refractivity contribution in [2.24, 2.45) is 5.73 Å². The average Bonchev–Trinajstić information content (AvgIpc) is 2.94. The van der Waals surface area contributed by atoms with Gasteiger partial charge in [-0.25, -0.2) is 4.79 Å². The number of piperazine rings is 1. The molecule has 0 unspecified atom stereocenters. The fraction of sp³-hybridized carbons (Fsp3) is 0.464. The Bertz CT molecular complexity index is 1120. The lowest BCUT2D eigenvalue weighted by Gasteiger charge is -2.37. The van der Waals surface area contributed by atoms with Crippen LogP contribution >= 0.6 is 0 Å². The lowest BCUT2D eigenvalue weighted by Crippen LogP contribution is -2.49. The third kappa shape index (κ3) is 6.95. The summed E-state index contributed by atoms with van der Waals surface area (Å²) in [5.41, 5.74) is 8.65. The van der Waals surface area contributed by atoms with Gasteiger partial charge in [-0.05, 0) is 61.6 Å². The Morgan fingerprint density at radius 1 is 0.947 bits per heavy atom. The van der Waals surface area contributed by atoms with Crippen LogP contribution in [-0.2, 0) is 16.0 Å². The lowest BCUT2D eigenvalue weighted by molar-refractivity contribution is -0.130. The Hall–Kier alpha value is -3.79. The van der Waals surface area contributed by atoms with Crippen molar-refractivity contribution >= 4 is 29.3 Å². The Labute approximate surface area is 223 Å². The second-order valence-corrected chi connectivity index (χ2v) is 9.83. The number of ether oxygens (including phenoxy) is 2. The topological polar surface area (TPSA) is 126 Å². The zero-order valence-electron chi connectivity index (χ0n) is 22.1. The van der Waals surface area contributed by atoms with Gasteiger partial charge in [-0.2, -0.15) is 0 Å². The molecule has 0 atom stereocenters. The van der Waals surface area contributed by atoms with Crippen LogP contribution in [0.25, 0.3) is 0 Å². The van der Waals surface area contributed by atoms with Gasteiger partial charge in [0.25, 0.3) is 5.91 Å². The molecule has 204 valence electrons. The van der Waals surface area contributed by atoms with Crippen molar-refractivity contribution in [2.45, 2.75) is 44.2 Å². The van der Waals surface area contributed by atoms with E-state index in [0.29, 0.717) is 43.9 Å². The van der Waals surface area contributed by atoms with E-state index in [4.69, 9.17) is 15.2 Å². The van der Waals surface area contributed by atoms with Crippen molar-refractivity contribution in [1.82, 2.24) is 10.2 Å². The molecule has 3 amide bonds. The lowest BCUT2D eigenvalue weighted by atomic mass is 9.91. The minimum absolute atomic E-state index is 0.0680. The molecule has 38 heavy (non-hydrogen) atoms. The maximum absolute atomic E-state index is 12.9. The number of hydrogen-bond donors (Lipinski definition) is 3. The standard InChI is InChI=1S/C28H37N5O5/c1-37-23-10-3-19(4-11-23)17-26(34)33-15-13-32(14-16-33)25-12-5-20(18-24(25)31-28(36)38-2)27(35)30-22-8-6-21(29)7-9-22/h3-5,10-12,18,21-22H,6-9,13-17,29H2,1-2H3,(H,30,35)(H,31,36). The molecule has 2 aromatic carbocycles. The number of nitrogens with one attached hydrogen (secondary N) is 2. The number of rotatable bonds is 7. The number of amides is 3. The third-order valence-electron chi connectivity index (χ3n) is 7.28. The first-order valence-electron chi connectivity index (χ1n) is 13.1. The molecule has 10 heteroatoms. The number of nitrogens with zero attached hydrogens (tertiary/aromatic N) is 2. The highest BCUT2D eigenvalue weighted by Gasteiger charge is 2.25. The fourth-order valence-electron chi connectivity index (χ4n) is 4.97. The van der Waals surface area contributed by atoms with E-state index in [1.165, 1.54) is 7.11 Å². The molecule has 0 radical (unpaired) electrons. The smallest absolute Gasteiger partial charge is 0.411 e. The quantitative estimate of drug-likeness (QED) is 0.509. The second-order valence-electron chi connectivity index (χ2n) is 9.83. The van der Waals surface area contributed by atoms with E-state index in [0.717, 1.165) is 42.7 Å². The molecule has 2 aromatic rings. The van der Waals surface area contributed by atoms with Crippen LogP contribution in [-0.4, -0.2) is 75.3 Å². The van der Waals surface area contributed by atoms with Crippen LogP contribution in [0.15, 0.2) is 42.5 Å². The summed E-state index contributed by atoms with van der Waals surface area (Å²) in [5, 5.41) is 5.84. The molecule has 1 heterocycles. The van der Waals surface area contributed by atoms with E-state index in [2.05, 4.69) is 15.5 Å². The predicted molar refractivity (Wildman–Crippen MR) is 146 cm³/mol. The maximum atomic E-state index is 12.9. The summed E-state index contributed by atoms with van der Waals surface area (Å²) < 4.78 is 9.99. The van der Waals surface area contributed by atoms with Crippen molar-refractivity contribution in [2.75, 3.05) is 50.6 Å². The van der Waals surface area contributed by atoms with Gasteiger partial charge in [-0.1, -0.05) is 12.1 Å². The first-order chi connectivity index (χ1) is 18.4. The van der Waals surface area contributed by atoms with E-state index in [1.54, 1.807) is 19.2 Å². The number of carbonyl (C=O) groups is 3. The monoisotopic (exact) mass is 523 g/mol. The SMILES string of the molecule is COC(=O)Nc1cc(C(=O)NC2CCC(N)CC2)ccc1N1CCN(C(=O)Cc2ccc(OC)cc2)CC1. The van der Waals surface area contributed by atoms with Crippen LogP contribution in [0.1, 0.15) is 41.6 Å². The van der Waals surface area contributed by atoms with Gasteiger partial charge in [0, 0.05) is 43.8 Å². The summed E-state index contributed by atoms with van der Waals surface area (Å²) in [6.07, 6.45) is 3.23. The number of nitrogens with two attached hydrogens (primary N) is 1. The molecular formula is C28H37N5O5. The van der Waals surface area contributed by atoms with Crippen LogP contribution in [0.2, 0.25) is 0 Å². The molecule has 1 aliphatic carbocycles. The largest absolute Gasteiger partial charge is 0.497 e. The number of methoxy groups -OCH3 is 2. The van der Waals surface area contributed by atoms with Crippen molar-refractivity contribution in [1.29, 1.82) is 0 Å². The minimum Gasteiger partial charge on any atom is -0.497 e. The summed E-state index contributed by atoms with van der Waals surface area (Å²) in [7, 11) is 2.91. The van der Waals surface area contributed by atoms with Crippen molar-refractivity contribution < 1.29 is 23.9 Å². The molecule has 4 N–H and O–H groups in total. The van der Waals surface area contributed by atoms with E-state index in [1.807, 2.05) is 35.2 Å². The highest BCUT2D eigenvalue weighted by Crippen LogP contribution is 2.29. The number of benzene rings is 2. The normalized spacial score (nSPS) is 19.4. The van der Waals surface area contributed by atoms with E-state index in [-0.39, 0.29) is 23.9 Å². The van der Waals surface area contributed by atoms with Gasteiger partial charge in [0.1, 0.15) is 5.75 Å². The average molecular weight is 524 g/mol. The van der Waals surface area contributed by atoms with Crippen molar-refractivity contribution in [3.8, 4) is 5.75 Å². The van der Waals surface area contributed by atoms with Crippen LogP contribution in [0.3, 0.4) is 0 Å². The van der Waals surface area contributed by atoms with E-state index in [9.17, 15) is 14.4 Å². The first-order valence-corrected chi connectivity index (χ1v) is 13.1. The van der Waals surface area contributed by atoms with Crippen LogP contribution < -0.4 is 26.0 Å². The Morgan fingerprint density at radius 2 is 1.63 bits per heavy atom. The molecule has 1 saturated heterocycles. The van der Waals surface area contributed by atoms with Crippen molar-refractivity contribution in [3.63, 3.8) is 0 Å². The summed E-state index contributed by atoms with van der Waals surface area (Å²) in [6.45, 7) is 2.30. The van der Waals surface area contributed by atoms with Gasteiger partial charge in [-0.15, -0.1) is 0 Å². The highest BCUT2D eigenvalue weighted by atomic mass is 16.5. The molecule has 1 saturated carbocycles. The molecule has 10 nitrogen and oxygen atoms in total. The minimum atomic E-state index is -0.613. The van der Waals surface area contributed by atoms with Gasteiger partial charge in [0.05, 0.1) is 32.0 Å². The number of anilines is 2. The van der Waals surface area contributed by atoms with Gasteiger partial charge in [0.2, 0.25) is 5.91 Å². The highest BCUT2D eigenvalue weighted by molar-refractivity contribution is 5.98. The zero-order valence-corrected chi connectivity index (χ0v) is 22.1. The molecule has 2 fully saturated rings. The van der Waals surface area contributed by atoms with E-state index < -0.39 is 6.09 Å². The van der Waals surface area contributed by atoms with Gasteiger partial charge >= 0.3 is 6.09 Å². The molecule has 0 bridgehead atoms. The van der Waals surface area contributed by atoms with Crippen LogP contribution in [0.4, 0.5) is 16.2 Å². The first kappa shape index (κ1) is 27.3. The molecule has 0 spiro atoms. The third-order valence-corrected chi connectivity index (χ3v) is 7.28. The summed E-state index contributed by atoms with van der Waals surface area (Å²) in [6, 6.07) is 13.1. The van der Waals surface area contributed by atoms with Gasteiger partial charge < -0.3 is 30.3 Å². The Kier molecular flexibility index (Phi) is 9.06. The molecule has 4 rings (SSSR count). The van der Waals surface area contributed by atoms with Gasteiger partial charge in [0.15, 0.2) is 0 Å². The number of hydrogen-bond acceptors (Lipinski definition) is 7. The fourth-order valence-corrected chi connectivity index (χ4v) is 4.97. The second kappa shape index (κ2) is 12.6. The Balaban J connectivity index is 1.40. The van der Waals surface area contributed by atoms with Crippen molar-refractivity contribution in [3.05, 3.63) is 53.6 Å². The van der Waals surface area contributed by atoms with E-state index >= 15 is 0 Å². The zero-order chi connectivity index (χ0) is 27.1. The van der Waals surface area contributed by atoms with Crippen LogP contribution in [0, 0.1) is 0 Å². The predicted octanol–water partition coefficient (Wildman–Crippen LogP) is 2.76. The summed E-state index contributed by atoms with van der Waals surface area (Å²) in [5.74, 6) is 0.644. The molecule has 2 aliphatic rings. The van der Waals surface area contributed by atoms with Gasteiger partial charge in [-0.3, -0.25) is 14.9 Å². The maximum Gasteiger partial charge on any atom is 0.411 e. The Morgan fingerprint density at radius 3 is 2.26 bits per heavy atom. The summed E-state index contributed by atoms with van der Waals surface area (Å²) in [4.78, 5) is 41.8. The number of carbonyl (C=O) groups excluding carboxylic acids is 3. The molecule has 1 aliphatic heterocycles. The molecule has 0 aromatic heterocycles.